The number of rotatable bonds is 16. The van der Waals surface area contributed by atoms with Gasteiger partial charge in [0.25, 0.3) is 0 Å². The summed E-state index contributed by atoms with van der Waals surface area (Å²) in [6.07, 6.45) is -0.310. The van der Waals surface area contributed by atoms with Gasteiger partial charge in [-0.2, -0.15) is 0 Å². The predicted octanol–water partition coefficient (Wildman–Crippen LogP) is 6.71. The van der Waals surface area contributed by atoms with Crippen LogP contribution in [0.5, 0.6) is 23.0 Å². The Labute approximate surface area is 272 Å². The molecule has 0 aromatic heterocycles. The molecular weight excluding hydrogens is 580 g/mol. The van der Waals surface area contributed by atoms with Gasteiger partial charge in [-0.3, -0.25) is 0 Å². The average molecular weight is 625 g/mol. The number of benzene rings is 4. The molecule has 2 aliphatic rings. The summed E-state index contributed by atoms with van der Waals surface area (Å²) in [6.45, 7) is 11.8. The Balaban J connectivity index is 0.962. The summed E-state index contributed by atoms with van der Waals surface area (Å²) in [4.78, 5) is 0. The zero-order valence-corrected chi connectivity index (χ0v) is 27.1. The molecule has 2 fully saturated rings. The summed E-state index contributed by atoms with van der Waals surface area (Å²) in [6, 6.07) is 32.5. The molecule has 6 rings (SSSR count). The maximum Gasteiger partial charge on any atom is 0.122 e. The van der Waals surface area contributed by atoms with E-state index in [1.807, 2.05) is 48.5 Å². The third kappa shape index (κ3) is 8.21. The molecule has 3 atom stereocenters. The summed E-state index contributed by atoms with van der Waals surface area (Å²) in [7, 11) is 0. The zero-order valence-electron chi connectivity index (χ0n) is 27.1. The van der Waals surface area contributed by atoms with Gasteiger partial charge in [0.1, 0.15) is 67.7 Å². The molecule has 0 amide bonds. The van der Waals surface area contributed by atoms with E-state index in [0.29, 0.717) is 24.7 Å². The molecule has 7 heteroatoms. The number of aliphatic hydroxyl groups excluding tert-OH is 1. The number of hydrogen-bond donors (Lipinski definition) is 1. The first kappa shape index (κ1) is 31.9. The van der Waals surface area contributed by atoms with Crippen molar-refractivity contribution >= 4 is 0 Å². The lowest BCUT2D eigenvalue weighted by Crippen LogP contribution is -2.25. The maximum absolute atomic E-state index is 10.6. The number of aliphatic hydroxyl groups is 1. The van der Waals surface area contributed by atoms with Crippen molar-refractivity contribution in [2.24, 2.45) is 0 Å². The smallest absolute Gasteiger partial charge is 0.122 e. The molecule has 0 bridgehead atoms. The van der Waals surface area contributed by atoms with Gasteiger partial charge in [0, 0.05) is 10.8 Å². The van der Waals surface area contributed by atoms with Gasteiger partial charge in [-0.15, -0.1) is 0 Å². The van der Waals surface area contributed by atoms with Gasteiger partial charge in [-0.25, -0.2) is 0 Å². The van der Waals surface area contributed by atoms with Crippen LogP contribution in [0, 0.1) is 0 Å². The highest BCUT2D eigenvalue weighted by atomic mass is 16.6. The van der Waals surface area contributed by atoms with E-state index in [-0.39, 0.29) is 36.3 Å². The van der Waals surface area contributed by atoms with Gasteiger partial charge in [-0.05, 0) is 70.8 Å². The average Bonchev–Trinajstić information content (AvgIpc) is 4.01. The first-order chi connectivity index (χ1) is 22.2. The molecule has 7 nitrogen and oxygen atoms in total. The normalized spacial score (nSPS) is 18.0. The molecular formula is C39H44O7. The Morgan fingerprint density at radius 1 is 0.565 bits per heavy atom. The van der Waals surface area contributed by atoms with Gasteiger partial charge < -0.3 is 33.5 Å². The monoisotopic (exact) mass is 624 g/mol. The van der Waals surface area contributed by atoms with Crippen molar-refractivity contribution in [1.29, 1.82) is 0 Å². The Hall–Kier alpha value is -4.04. The number of epoxide rings is 2. The van der Waals surface area contributed by atoms with Crippen LogP contribution in [0.1, 0.15) is 49.9 Å². The summed E-state index contributed by atoms with van der Waals surface area (Å²) in [5.41, 5.74) is 4.26. The van der Waals surface area contributed by atoms with E-state index in [0.717, 1.165) is 30.3 Å². The summed E-state index contributed by atoms with van der Waals surface area (Å²) in [5, 5.41) is 10.6. The van der Waals surface area contributed by atoms with Crippen molar-refractivity contribution in [2.45, 2.75) is 56.8 Å². The van der Waals surface area contributed by atoms with Crippen LogP contribution in [0.3, 0.4) is 0 Å². The van der Waals surface area contributed by atoms with E-state index in [9.17, 15) is 5.11 Å². The first-order valence-electron chi connectivity index (χ1n) is 16.0. The Bertz CT molecular complexity index is 1550. The molecule has 0 spiro atoms. The van der Waals surface area contributed by atoms with Crippen molar-refractivity contribution in [2.75, 3.05) is 39.6 Å². The second-order valence-electron chi connectivity index (χ2n) is 13.2. The van der Waals surface area contributed by atoms with Crippen LogP contribution < -0.4 is 18.9 Å². The van der Waals surface area contributed by atoms with Crippen LogP contribution in [0.15, 0.2) is 97.1 Å². The summed E-state index contributed by atoms with van der Waals surface area (Å²) < 4.78 is 33.9. The van der Waals surface area contributed by atoms with E-state index in [4.69, 9.17) is 28.4 Å². The van der Waals surface area contributed by atoms with Crippen molar-refractivity contribution < 1.29 is 33.5 Å². The molecule has 1 N–H and O–H groups in total. The van der Waals surface area contributed by atoms with E-state index in [1.54, 1.807) is 0 Å². The molecule has 4 aromatic rings. The highest BCUT2D eigenvalue weighted by Crippen LogP contribution is 2.35. The highest BCUT2D eigenvalue weighted by molar-refractivity contribution is 5.43. The highest BCUT2D eigenvalue weighted by Gasteiger charge is 2.27. The van der Waals surface area contributed by atoms with Crippen molar-refractivity contribution in [1.82, 2.24) is 0 Å². The summed E-state index contributed by atoms with van der Waals surface area (Å²) in [5.74, 6) is 3.10. The number of hydrogen-bond acceptors (Lipinski definition) is 7. The maximum atomic E-state index is 10.6. The molecule has 0 saturated carbocycles. The molecule has 242 valence electrons. The fourth-order valence-electron chi connectivity index (χ4n) is 5.35. The van der Waals surface area contributed by atoms with Crippen molar-refractivity contribution in [3.05, 3.63) is 119 Å². The standard InChI is InChI=1S/C39H44O7/c1-38(2,28-10-18-34(19-11-28)43-23-36-25-45-36)27-8-14-32(15-9-27)41-21-31(40)22-42-33-16-12-29(13-17-33)39(3,4)30-6-5-7-35(20-30)44-24-37-26-46-37/h5-20,31,36-37,40H,21-26H2,1-4H3. The lowest BCUT2D eigenvalue weighted by atomic mass is 9.78. The fourth-order valence-corrected chi connectivity index (χ4v) is 5.35. The van der Waals surface area contributed by atoms with Gasteiger partial charge in [0.15, 0.2) is 0 Å². The molecule has 2 aliphatic heterocycles. The molecule has 3 unspecified atom stereocenters. The molecule has 0 aliphatic carbocycles. The molecule has 0 radical (unpaired) electrons. The minimum Gasteiger partial charge on any atom is -0.491 e. The topological polar surface area (TPSA) is 82.2 Å². The Morgan fingerprint density at radius 2 is 0.957 bits per heavy atom. The minimum atomic E-state index is -0.775. The van der Waals surface area contributed by atoms with E-state index >= 15 is 0 Å². The van der Waals surface area contributed by atoms with Gasteiger partial charge in [0.2, 0.25) is 0 Å². The molecule has 2 saturated heterocycles. The molecule has 2 heterocycles. The second kappa shape index (κ2) is 13.8. The van der Waals surface area contributed by atoms with Crippen molar-refractivity contribution in [3.8, 4) is 23.0 Å². The zero-order chi connectivity index (χ0) is 32.1. The molecule has 4 aromatic carbocycles. The quantitative estimate of drug-likeness (QED) is 0.139. The largest absolute Gasteiger partial charge is 0.491 e. The van der Waals surface area contributed by atoms with Crippen molar-refractivity contribution in [3.63, 3.8) is 0 Å². The van der Waals surface area contributed by atoms with Gasteiger partial charge >= 0.3 is 0 Å². The van der Waals surface area contributed by atoms with Crippen LogP contribution >= 0.6 is 0 Å². The van der Waals surface area contributed by atoms with E-state index in [2.05, 4.69) is 76.2 Å². The third-order valence-electron chi connectivity index (χ3n) is 8.85. The first-order valence-corrected chi connectivity index (χ1v) is 16.0. The SMILES string of the molecule is CC(C)(c1ccc(OCC(O)COc2ccc(C(C)(C)c3cccc(OCC4CO4)c3)cc2)cc1)c1ccc(OCC2CO2)cc1. The lowest BCUT2D eigenvalue weighted by molar-refractivity contribution is 0.0626. The minimum absolute atomic E-state index is 0.130. The molecule has 46 heavy (non-hydrogen) atoms. The number of ether oxygens (including phenoxy) is 6. The van der Waals surface area contributed by atoms with Crippen LogP contribution in [-0.4, -0.2) is 63.1 Å². The van der Waals surface area contributed by atoms with Crippen LogP contribution in [0.4, 0.5) is 0 Å². The lowest BCUT2D eigenvalue weighted by Gasteiger charge is -2.27. The third-order valence-corrected chi connectivity index (χ3v) is 8.85. The van der Waals surface area contributed by atoms with Crippen LogP contribution in [0.2, 0.25) is 0 Å². The van der Waals surface area contributed by atoms with E-state index < -0.39 is 6.10 Å². The van der Waals surface area contributed by atoms with Gasteiger partial charge in [0.05, 0.1) is 13.2 Å². The van der Waals surface area contributed by atoms with Crippen LogP contribution in [0.25, 0.3) is 0 Å². The Kier molecular flexibility index (Phi) is 9.54. The fraction of sp³-hybridized carbons (Fsp3) is 0.385. The van der Waals surface area contributed by atoms with E-state index in [1.165, 1.54) is 16.7 Å². The van der Waals surface area contributed by atoms with Gasteiger partial charge in [-0.1, -0.05) is 76.2 Å². The summed E-state index contributed by atoms with van der Waals surface area (Å²) >= 11 is 0. The Morgan fingerprint density at radius 3 is 1.39 bits per heavy atom. The second-order valence-corrected chi connectivity index (χ2v) is 13.2. The predicted molar refractivity (Wildman–Crippen MR) is 177 cm³/mol. The van der Waals surface area contributed by atoms with Crippen LogP contribution in [-0.2, 0) is 20.3 Å².